The van der Waals surface area contributed by atoms with Crippen molar-refractivity contribution in [1.29, 1.82) is 0 Å². The van der Waals surface area contributed by atoms with Crippen molar-refractivity contribution in [3.63, 3.8) is 0 Å². The number of nitrogens with one attached hydrogen (secondary N) is 1. The zero-order valence-electron chi connectivity index (χ0n) is 19.2. The fraction of sp³-hybridized carbons (Fsp3) is 0.0357. The van der Waals surface area contributed by atoms with E-state index in [-0.39, 0.29) is 6.61 Å². The first-order chi connectivity index (χ1) is 17.9. The first-order valence-electron chi connectivity index (χ1n) is 11.0. The smallest absolute Gasteiger partial charge is 0.343 e. The number of carbonyl (C=O) groups excluding carboxylic acids is 2. The van der Waals surface area contributed by atoms with Gasteiger partial charge in [0, 0.05) is 26.2 Å². The molecule has 9 heteroatoms. The van der Waals surface area contributed by atoms with E-state index in [1.165, 1.54) is 6.21 Å². The molecule has 0 saturated carbocycles. The highest BCUT2D eigenvalue weighted by Gasteiger charge is 2.09. The SMILES string of the molecule is O=C(N/N=C/c1cccc(OC(=O)c2ccc(Cl)cc2)c1)c1ccc(OCc2ccc(Cl)cc2Cl)cc1. The molecule has 0 radical (unpaired) electrons. The molecule has 0 fully saturated rings. The Kier molecular flexibility index (Phi) is 8.80. The number of carbonyl (C=O) groups is 2. The maximum atomic E-state index is 12.4. The van der Waals surface area contributed by atoms with Gasteiger partial charge in [0.15, 0.2) is 0 Å². The minimum absolute atomic E-state index is 0.264. The molecule has 0 bridgehead atoms. The molecule has 4 aromatic carbocycles. The van der Waals surface area contributed by atoms with Crippen LogP contribution >= 0.6 is 34.8 Å². The Morgan fingerprint density at radius 3 is 2.22 bits per heavy atom. The number of halogens is 3. The second-order valence-corrected chi connectivity index (χ2v) is 9.00. The number of hydrazone groups is 1. The predicted octanol–water partition coefficient (Wildman–Crippen LogP) is 7.21. The largest absolute Gasteiger partial charge is 0.489 e. The van der Waals surface area contributed by atoms with Crippen molar-refractivity contribution in [2.45, 2.75) is 6.61 Å². The van der Waals surface area contributed by atoms with Crippen LogP contribution in [-0.4, -0.2) is 18.1 Å². The molecule has 0 aliphatic heterocycles. The number of benzene rings is 4. The molecule has 0 aromatic heterocycles. The normalized spacial score (nSPS) is 10.8. The van der Waals surface area contributed by atoms with Gasteiger partial charge in [0.1, 0.15) is 18.1 Å². The average Bonchev–Trinajstić information content (AvgIpc) is 2.89. The Labute approximate surface area is 228 Å². The number of rotatable bonds is 8. The summed E-state index contributed by atoms with van der Waals surface area (Å²) in [4.78, 5) is 24.7. The van der Waals surface area contributed by atoms with Gasteiger partial charge >= 0.3 is 5.97 Å². The summed E-state index contributed by atoms with van der Waals surface area (Å²) in [6.45, 7) is 0.264. The van der Waals surface area contributed by atoms with Gasteiger partial charge in [-0.1, -0.05) is 53.0 Å². The van der Waals surface area contributed by atoms with E-state index in [0.717, 1.165) is 5.56 Å². The zero-order valence-corrected chi connectivity index (χ0v) is 21.4. The molecule has 0 saturated heterocycles. The molecule has 4 aromatic rings. The van der Waals surface area contributed by atoms with Gasteiger partial charge in [-0.2, -0.15) is 5.10 Å². The van der Waals surface area contributed by atoms with Crippen molar-refractivity contribution >= 4 is 52.9 Å². The monoisotopic (exact) mass is 552 g/mol. The molecule has 0 atom stereocenters. The molecule has 37 heavy (non-hydrogen) atoms. The van der Waals surface area contributed by atoms with E-state index in [0.29, 0.717) is 43.3 Å². The highest BCUT2D eigenvalue weighted by atomic mass is 35.5. The van der Waals surface area contributed by atoms with E-state index < -0.39 is 11.9 Å². The number of esters is 1. The van der Waals surface area contributed by atoms with Gasteiger partial charge in [-0.05, 0) is 78.4 Å². The van der Waals surface area contributed by atoms with E-state index in [2.05, 4.69) is 10.5 Å². The summed E-state index contributed by atoms with van der Waals surface area (Å²) in [5, 5.41) is 5.59. The highest BCUT2D eigenvalue weighted by molar-refractivity contribution is 6.35. The molecular weight excluding hydrogens is 535 g/mol. The lowest BCUT2D eigenvalue weighted by Crippen LogP contribution is -2.17. The van der Waals surface area contributed by atoms with Gasteiger partial charge in [-0.3, -0.25) is 4.79 Å². The average molecular weight is 554 g/mol. The second kappa shape index (κ2) is 12.4. The first kappa shape index (κ1) is 26.2. The summed E-state index contributed by atoms with van der Waals surface area (Å²) in [7, 11) is 0. The van der Waals surface area contributed by atoms with E-state index in [4.69, 9.17) is 44.3 Å². The Hall–Kier alpha value is -3.84. The van der Waals surface area contributed by atoms with Gasteiger partial charge in [-0.15, -0.1) is 0 Å². The van der Waals surface area contributed by atoms with Crippen molar-refractivity contribution in [1.82, 2.24) is 5.43 Å². The molecule has 4 rings (SSSR count). The third-order valence-corrected chi connectivity index (χ3v) is 5.89. The molecule has 6 nitrogen and oxygen atoms in total. The summed E-state index contributed by atoms with van der Waals surface area (Å²) < 4.78 is 11.1. The van der Waals surface area contributed by atoms with E-state index in [1.807, 2.05) is 0 Å². The number of hydrogen-bond acceptors (Lipinski definition) is 5. The fourth-order valence-electron chi connectivity index (χ4n) is 3.14. The molecule has 0 unspecified atom stereocenters. The van der Waals surface area contributed by atoms with E-state index in [1.54, 1.807) is 91.0 Å². The third-order valence-electron chi connectivity index (χ3n) is 5.05. The van der Waals surface area contributed by atoms with Crippen LogP contribution in [0.2, 0.25) is 15.1 Å². The fourth-order valence-corrected chi connectivity index (χ4v) is 3.73. The molecular formula is C28H19Cl3N2O4. The third kappa shape index (κ3) is 7.57. The van der Waals surface area contributed by atoms with Crippen LogP contribution in [0.1, 0.15) is 31.8 Å². The van der Waals surface area contributed by atoms with Crippen molar-refractivity contribution < 1.29 is 19.1 Å². The van der Waals surface area contributed by atoms with Crippen LogP contribution in [0.15, 0.2) is 96.1 Å². The van der Waals surface area contributed by atoms with Crippen LogP contribution < -0.4 is 14.9 Å². The topological polar surface area (TPSA) is 77.0 Å². The van der Waals surface area contributed by atoms with Gasteiger partial charge in [0.2, 0.25) is 0 Å². The van der Waals surface area contributed by atoms with Gasteiger partial charge < -0.3 is 9.47 Å². The van der Waals surface area contributed by atoms with Gasteiger partial charge in [0.25, 0.3) is 5.91 Å². The van der Waals surface area contributed by atoms with E-state index >= 15 is 0 Å². The van der Waals surface area contributed by atoms with Crippen LogP contribution in [0.3, 0.4) is 0 Å². The number of amides is 1. The molecule has 1 amide bonds. The molecule has 0 spiro atoms. The molecule has 186 valence electrons. The quantitative estimate of drug-likeness (QED) is 0.108. The van der Waals surface area contributed by atoms with Crippen molar-refractivity contribution in [2.24, 2.45) is 5.10 Å². The Morgan fingerprint density at radius 2 is 1.49 bits per heavy atom. The summed E-state index contributed by atoms with van der Waals surface area (Å²) in [6, 6.07) is 24.9. The maximum absolute atomic E-state index is 12.4. The summed E-state index contributed by atoms with van der Waals surface area (Å²) in [5.41, 5.74) is 4.67. The second-order valence-electron chi connectivity index (χ2n) is 7.72. The zero-order chi connectivity index (χ0) is 26.2. The highest BCUT2D eigenvalue weighted by Crippen LogP contribution is 2.23. The van der Waals surface area contributed by atoms with Crippen molar-refractivity contribution in [2.75, 3.05) is 0 Å². The minimum atomic E-state index is -0.511. The van der Waals surface area contributed by atoms with E-state index in [9.17, 15) is 9.59 Å². The lowest BCUT2D eigenvalue weighted by atomic mass is 10.2. The Morgan fingerprint density at radius 1 is 0.784 bits per heavy atom. The Bertz CT molecular complexity index is 1440. The van der Waals surface area contributed by atoms with Crippen molar-refractivity contribution in [3.8, 4) is 11.5 Å². The first-order valence-corrected chi connectivity index (χ1v) is 12.1. The van der Waals surface area contributed by atoms with Crippen molar-refractivity contribution in [3.05, 3.63) is 128 Å². The minimum Gasteiger partial charge on any atom is -0.489 e. The number of ether oxygens (including phenoxy) is 2. The van der Waals surface area contributed by atoms with Crippen LogP contribution in [0.4, 0.5) is 0 Å². The molecule has 0 aliphatic rings. The Balaban J connectivity index is 1.29. The molecule has 0 aliphatic carbocycles. The van der Waals surface area contributed by atoms with Gasteiger partial charge in [0.05, 0.1) is 11.8 Å². The van der Waals surface area contributed by atoms with Gasteiger partial charge in [-0.25, -0.2) is 10.2 Å². The molecule has 1 N–H and O–H groups in total. The van der Waals surface area contributed by atoms with Crippen LogP contribution in [0.25, 0.3) is 0 Å². The molecule has 0 heterocycles. The maximum Gasteiger partial charge on any atom is 0.343 e. The summed E-state index contributed by atoms with van der Waals surface area (Å²) >= 11 is 17.9. The van der Waals surface area contributed by atoms with Crippen LogP contribution in [-0.2, 0) is 6.61 Å². The lowest BCUT2D eigenvalue weighted by Gasteiger charge is -2.08. The van der Waals surface area contributed by atoms with Crippen LogP contribution in [0.5, 0.6) is 11.5 Å². The summed E-state index contributed by atoms with van der Waals surface area (Å²) in [5.74, 6) is 0.0124. The number of hydrogen-bond donors (Lipinski definition) is 1. The lowest BCUT2D eigenvalue weighted by molar-refractivity contribution is 0.0734. The van der Waals surface area contributed by atoms with Crippen LogP contribution in [0, 0.1) is 0 Å². The predicted molar refractivity (Wildman–Crippen MR) is 145 cm³/mol. The summed E-state index contributed by atoms with van der Waals surface area (Å²) in [6.07, 6.45) is 1.45. The standard InChI is InChI=1S/C28H19Cl3N2O4/c29-22-9-4-20(5-10-22)28(35)37-25-3-1-2-18(14-25)16-32-33-27(34)19-7-12-24(13-8-19)36-17-21-6-11-23(30)15-26(21)31/h1-16H,17H2,(H,33,34)/b32-16+. The number of nitrogens with zero attached hydrogens (tertiary/aromatic N) is 1.